The van der Waals surface area contributed by atoms with Crippen LogP contribution in [0.2, 0.25) is 0 Å². The summed E-state index contributed by atoms with van der Waals surface area (Å²) in [6.45, 7) is 0. The second-order valence-corrected chi connectivity index (χ2v) is 3.60. The number of rotatable bonds is 3. The molecule has 0 aliphatic heterocycles. The number of nitrogens with zero attached hydrogens (tertiary/aromatic N) is 1. The van der Waals surface area contributed by atoms with Crippen LogP contribution in [0.15, 0.2) is 22.6 Å². The number of Topliss-reactive ketones (excluding diaryl/α,β-unsaturated/α-hetero) is 1. The van der Waals surface area contributed by atoms with Crippen LogP contribution < -0.4 is 0 Å². The number of hydrogen-bond acceptors (Lipinski definition) is 4. The maximum atomic E-state index is 11.5. The van der Waals surface area contributed by atoms with E-state index < -0.39 is 11.9 Å². The normalized spacial score (nSPS) is 10.6. The molecule has 2 rings (SSSR count). The predicted octanol–water partition coefficient (Wildman–Crippen LogP) is 2.10. The van der Waals surface area contributed by atoms with E-state index in [2.05, 4.69) is 20.9 Å². The first-order chi connectivity index (χ1) is 7.63. The number of benzene rings is 1. The number of hydrogen-bond donors (Lipinski definition) is 1. The van der Waals surface area contributed by atoms with Gasteiger partial charge in [-0.2, -0.15) is 0 Å². The standard InChI is InChI=1S/C10H6BrNO4/c11-4-7(13)5-2-1-3-6-8(5)16-9(12-6)10(14)15/h1-3H,4H2,(H,14,15). The van der Waals surface area contributed by atoms with Gasteiger partial charge in [0, 0.05) is 0 Å². The Kier molecular flexibility index (Phi) is 2.74. The molecule has 0 unspecified atom stereocenters. The number of aromatic carboxylic acids is 1. The van der Waals surface area contributed by atoms with E-state index in [1.165, 1.54) is 0 Å². The zero-order valence-electron chi connectivity index (χ0n) is 7.94. The lowest BCUT2D eigenvalue weighted by molar-refractivity contribution is 0.0655. The number of oxazole rings is 1. The lowest BCUT2D eigenvalue weighted by Gasteiger charge is -1.96. The van der Waals surface area contributed by atoms with E-state index in [1.54, 1.807) is 18.2 Å². The van der Waals surface area contributed by atoms with Crippen molar-refractivity contribution in [2.75, 3.05) is 5.33 Å². The second-order valence-electron chi connectivity index (χ2n) is 3.03. The van der Waals surface area contributed by atoms with E-state index in [9.17, 15) is 9.59 Å². The highest BCUT2D eigenvalue weighted by atomic mass is 79.9. The molecule has 1 heterocycles. The fourth-order valence-corrected chi connectivity index (χ4v) is 1.63. The van der Waals surface area contributed by atoms with Crippen LogP contribution in [0.4, 0.5) is 0 Å². The van der Waals surface area contributed by atoms with Crippen LogP contribution >= 0.6 is 15.9 Å². The van der Waals surface area contributed by atoms with E-state index in [0.29, 0.717) is 11.1 Å². The third kappa shape index (κ3) is 1.71. The average Bonchev–Trinajstić information content (AvgIpc) is 2.71. The largest absolute Gasteiger partial charge is 0.474 e. The Morgan fingerprint density at radius 2 is 2.19 bits per heavy atom. The van der Waals surface area contributed by atoms with Crippen LogP contribution in [0.5, 0.6) is 0 Å². The summed E-state index contributed by atoms with van der Waals surface area (Å²) < 4.78 is 5.03. The fourth-order valence-electron chi connectivity index (χ4n) is 1.33. The van der Waals surface area contributed by atoms with Gasteiger partial charge in [0.25, 0.3) is 0 Å². The number of alkyl halides is 1. The summed E-state index contributed by atoms with van der Waals surface area (Å²) in [5, 5.41) is 8.87. The number of aromatic nitrogens is 1. The molecule has 0 saturated heterocycles. The number of carboxylic acids is 1. The lowest BCUT2D eigenvalue weighted by Crippen LogP contribution is -1.99. The number of carboxylic acid groups (broad SMARTS) is 1. The molecule has 0 aliphatic rings. The van der Waals surface area contributed by atoms with Gasteiger partial charge in [0.05, 0.1) is 10.9 Å². The van der Waals surface area contributed by atoms with Crippen molar-refractivity contribution in [2.45, 2.75) is 0 Å². The van der Waals surface area contributed by atoms with Crippen LogP contribution in [0.25, 0.3) is 11.1 Å². The Labute approximate surface area is 98.2 Å². The minimum absolute atomic E-state index is 0.148. The molecule has 0 amide bonds. The molecule has 0 spiro atoms. The predicted molar refractivity (Wildman–Crippen MR) is 59.1 cm³/mol. The van der Waals surface area contributed by atoms with Crippen molar-refractivity contribution >= 4 is 38.8 Å². The zero-order chi connectivity index (χ0) is 11.7. The second kappa shape index (κ2) is 4.05. The Hall–Kier alpha value is -1.69. The fraction of sp³-hybridized carbons (Fsp3) is 0.100. The summed E-state index contributed by atoms with van der Waals surface area (Å²) in [5.74, 6) is -1.85. The Morgan fingerprint density at radius 1 is 1.44 bits per heavy atom. The van der Waals surface area contributed by atoms with Crippen molar-refractivity contribution in [1.29, 1.82) is 0 Å². The van der Waals surface area contributed by atoms with Crippen molar-refractivity contribution in [3.8, 4) is 0 Å². The molecule has 5 nitrogen and oxygen atoms in total. The first-order valence-electron chi connectivity index (χ1n) is 4.35. The number of para-hydroxylation sites is 1. The maximum Gasteiger partial charge on any atom is 0.392 e. The van der Waals surface area contributed by atoms with Gasteiger partial charge in [-0.3, -0.25) is 4.79 Å². The molecule has 0 fully saturated rings. The number of carbonyl (C=O) groups excluding carboxylic acids is 1. The van der Waals surface area contributed by atoms with Gasteiger partial charge in [-0.05, 0) is 12.1 Å². The van der Waals surface area contributed by atoms with Crippen LogP contribution in [-0.4, -0.2) is 27.2 Å². The van der Waals surface area contributed by atoms with Crippen LogP contribution in [0.1, 0.15) is 21.0 Å². The topological polar surface area (TPSA) is 80.4 Å². The van der Waals surface area contributed by atoms with Gasteiger partial charge in [-0.15, -0.1) is 0 Å². The van der Waals surface area contributed by atoms with Crippen molar-refractivity contribution in [3.63, 3.8) is 0 Å². The highest BCUT2D eigenvalue weighted by Gasteiger charge is 2.17. The first-order valence-corrected chi connectivity index (χ1v) is 5.47. The third-order valence-corrected chi connectivity index (χ3v) is 2.53. The molecule has 6 heteroatoms. The number of ketones is 1. The highest BCUT2D eigenvalue weighted by molar-refractivity contribution is 9.09. The molecular weight excluding hydrogens is 278 g/mol. The molecule has 2 aromatic rings. The number of fused-ring (bicyclic) bond motifs is 1. The molecule has 0 atom stereocenters. The molecule has 1 aromatic heterocycles. The minimum atomic E-state index is -1.26. The minimum Gasteiger partial charge on any atom is -0.474 e. The van der Waals surface area contributed by atoms with Gasteiger partial charge < -0.3 is 9.52 Å². The molecule has 0 aliphatic carbocycles. The molecule has 0 bridgehead atoms. The van der Waals surface area contributed by atoms with Crippen molar-refractivity contribution in [1.82, 2.24) is 4.98 Å². The van der Waals surface area contributed by atoms with Gasteiger partial charge >= 0.3 is 11.9 Å². The quantitative estimate of drug-likeness (QED) is 0.689. The third-order valence-electron chi connectivity index (χ3n) is 2.02. The molecule has 0 saturated carbocycles. The van der Waals surface area contributed by atoms with Gasteiger partial charge in [-0.1, -0.05) is 22.0 Å². The van der Waals surface area contributed by atoms with E-state index >= 15 is 0 Å². The van der Waals surface area contributed by atoms with Crippen LogP contribution in [0.3, 0.4) is 0 Å². The monoisotopic (exact) mass is 283 g/mol. The average molecular weight is 284 g/mol. The van der Waals surface area contributed by atoms with E-state index in [0.717, 1.165) is 0 Å². The lowest BCUT2D eigenvalue weighted by atomic mass is 10.1. The van der Waals surface area contributed by atoms with Crippen LogP contribution in [-0.2, 0) is 0 Å². The van der Waals surface area contributed by atoms with Crippen LogP contribution in [0, 0.1) is 0 Å². The summed E-state index contributed by atoms with van der Waals surface area (Å²) in [4.78, 5) is 26.0. The number of halogens is 1. The summed E-state index contributed by atoms with van der Waals surface area (Å²) >= 11 is 3.05. The maximum absolute atomic E-state index is 11.5. The van der Waals surface area contributed by atoms with Crippen molar-refractivity contribution in [2.24, 2.45) is 0 Å². The molecule has 1 aromatic carbocycles. The SMILES string of the molecule is O=C(O)c1nc2cccc(C(=O)CBr)c2o1. The highest BCUT2D eigenvalue weighted by Crippen LogP contribution is 2.21. The van der Waals surface area contributed by atoms with E-state index in [-0.39, 0.29) is 16.7 Å². The van der Waals surface area contributed by atoms with Gasteiger partial charge in [0.1, 0.15) is 5.52 Å². The first kappa shape index (κ1) is 10.8. The summed E-state index contributed by atoms with van der Waals surface area (Å²) in [5.41, 5.74) is 0.905. The van der Waals surface area contributed by atoms with Crippen molar-refractivity contribution in [3.05, 3.63) is 29.7 Å². The number of carbonyl (C=O) groups is 2. The Bertz CT molecular complexity index is 575. The van der Waals surface area contributed by atoms with E-state index in [1.807, 2.05) is 0 Å². The van der Waals surface area contributed by atoms with Gasteiger partial charge in [-0.25, -0.2) is 9.78 Å². The van der Waals surface area contributed by atoms with Crippen molar-refractivity contribution < 1.29 is 19.1 Å². The Morgan fingerprint density at radius 3 is 2.81 bits per heavy atom. The summed E-state index contributed by atoms with van der Waals surface area (Å²) in [6, 6.07) is 4.80. The smallest absolute Gasteiger partial charge is 0.392 e. The molecule has 1 N–H and O–H groups in total. The molecule has 16 heavy (non-hydrogen) atoms. The molecule has 82 valence electrons. The molecular formula is C10H6BrNO4. The summed E-state index contributed by atoms with van der Waals surface area (Å²) in [6.07, 6.45) is 0. The van der Waals surface area contributed by atoms with E-state index in [4.69, 9.17) is 9.52 Å². The summed E-state index contributed by atoms with van der Waals surface area (Å²) in [7, 11) is 0. The Balaban J connectivity index is 2.67. The van der Waals surface area contributed by atoms with Gasteiger partial charge in [0.2, 0.25) is 0 Å². The zero-order valence-corrected chi connectivity index (χ0v) is 9.52. The van der Waals surface area contributed by atoms with Gasteiger partial charge in [0.15, 0.2) is 11.4 Å². The molecule has 0 radical (unpaired) electrons.